The fourth-order valence-corrected chi connectivity index (χ4v) is 2.80. The summed E-state index contributed by atoms with van der Waals surface area (Å²) in [4.78, 5) is 13.9. The molecule has 1 amide bonds. The molecule has 0 aromatic heterocycles. The number of amides is 1. The SMILES string of the molecule is CN(C(=O)c1cccc(F)c1F)C1CCC(C)(C)CC1. The first kappa shape index (κ1) is 14.9. The molecule has 1 aromatic carbocycles. The highest BCUT2D eigenvalue weighted by atomic mass is 19.2. The zero-order chi connectivity index (χ0) is 14.9. The molecule has 0 spiro atoms. The number of rotatable bonds is 2. The molecule has 0 bridgehead atoms. The van der Waals surface area contributed by atoms with Crippen LogP contribution in [0.25, 0.3) is 0 Å². The molecule has 0 saturated heterocycles. The Morgan fingerprint density at radius 1 is 1.25 bits per heavy atom. The first-order valence-corrected chi connectivity index (χ1v) is 7.03. The molecule has 0 N–H and O–H groups in total. The molecule has 110 valence electrons. The fraction of sp³-hybridized carbons (Fsp3) is 0.562. The standard InChI is InChI=1S/C16H21F2NO/c1-16(2)9-7-11(8-10-16)19(3)15(20)12-5-4-6-13(17)14(12)18/h4-6,11H,7-10H2,1-3H3. The van der Waals surface area contributed by atoms with Gasteiger partial charge in [-0.05, 0) is 43.2 Å². The zero-order valence-electron chi connectivity index (χ0n) is 12.2. The lowest BCUT2D eigenvalue weighted by Gasteiger charge is -2.38. The summed E-state index contributed by atoms with van der Waals surface area (Å²) in [7, 11) is 1.68. The minimum atomic E-state index is -1.06. The van der Waals surface area contributed by atoms with Crippen LogP contribution < -0.4 is 0 Å². The van der Waals surface area contributed by atoms with Gasteiger partial charge in [-0.15, -0.1) is 0 Å². The third-order valence-corrected chi connectivity index (χ3v) is 4.36. The topological polar surface area (TPSA) is 20.3 Å². The van der Waals surface area contributed by atoms with Crippen LogP contribution in [0.1, 0.15) is 49.9 Å². The second-order valence-electron chi connectivity index (χ2n) is 6.41. The maximum Gasteiger partial charge on any atom is 0.256 e. The van der Waals surface area contributed by atoms with Gasteiger partial charge in [0.15, 0.2) is 11.6 Å². The predicted molar refractivity (Wildman–Crippen MR) is 74.5 cm³/mol. The second kappa shape index (κ2) is 5.51. The third kappa shape index (κ3) is 3.00. The van der Waals surface area contributed by atoms with Gasteiger partial charge in [0.2, 0.25) is 0 Å². The van der Waals surface area contributed by atoms with Gasteiger partial charge in [0.25, 0.3) is 5.91 Å². The van der Waals surface area contributed by atoms with Crippen molar-refractivity contribution in [1.29, 1.82) is 0 Å². The number of hydrogen-bond acceptors (Lipinski definition) is 1. The molecular weight excluding hydrogens is 260 g/mol. The molecule has 1 aromatic rings. The van der Waals surface area contributed by atoms with E-state index in [2.05, 4.69) is 13.8 Å². The summed E-state index contributed by atoms with van der Waals surface area (Å²) in [5.41, 5.74) is 0.127. The largest absolute Gasteiger partial charge is 0.339 e. The average Bonchev–Trinajstić information content (AvgIpc) is 2.40. The summed E-state index contributed by atoms with van der Waals surface area (Å²) in [6.07, 6.45) is 3.90. The second-order valence-corrected chi connectivity index (χ2v) is 6.41. The van der Waals surface area contributed by atoms with E-state index in [1.165, 1.54) is 12.1 Å². The monoisotopic (exact) mass is 281 g/mol. The lowest BCUT2D eigenvalue weighted by molar-refractivity contribution is 0.0630. The van der Waals surface area contributed by atoms with Crippen LogP contribution >= 0.6 is 0 Å². The van der Waals surface area contributed by atoms with Crippen molar-refractivity contribution in [2.75, 3.05) is 7.05 Å². The average molecular weight is 281 g/mol. The molecule has 20 heavy (non-hydrogen) atoms. The van der Waals surface area contributed by atoms with E-state index in [0.717, 1.165) is 31.7 Å². The van der Waals surface area contributed by atoms with Crippen LogP contribution in [-0.2, 0) is 0 Å². The molecule has 1 saturated carbocycles. The highest BCUT2D eigenvalue weighted by Crippen LogP contribution is 2.36. The Labute approximate surface area is 118 Å². The van der Waals surface area contributed by atoms with Crippen LogP contribution in [-0.4, -0.2) is 23.9 Å². The number of benzene rings is 1. The van der Waals surface area contributed by atoms with E-state index < -0.39 is 17.5 Å². The molecule has 0 unspecified atom stereocenters. The number of carbonyl (C=O) groups is 1. The predicted octanol–water partition coefficient (Wildman–Crippen LogP) is 4.01. The van der Waals surface area contributed by atoms with Gasteiger partial charge < -0.3 is 4.90 Å². The number of nitrogens with zero attached hydrogens (tertiary/aromatic N) is 1. The van der Waals surface area contributed by atoms with Crippen molar-refractivity contribution in [3.8, 4) is 0 Å². The van der Waals surface area contributed by atoms with E-state index in [1.54, 1.807) is 11.9 Å². The minimum Gasteiger partial charge on any atom is -0.339 e. The van der Waals surface area contributed by atoms with E-state index in [9.17, 15) is 13.6 Å². The molecular formula is C16H21F2NO. The smallest absolute Gasteiger partial charge is 0.256 e. The molecule has 1 aliphatic carbocycles. The van der Waals surface area contributed by atoms with Crippen LogP contribution in [0.3, 0.4) is 0 Å². The summed E-state index contributed by atoms with van der Waals surface area (Å²) >= 11 is 0. The Morgan fingerprint density at radius 2 is 1.85 bits per heavy atom. The van der Waals surface area contributed by atoms with Crippen molar-refractivity contribution in [3.05, 3.63) is 35.4 Å². The van der Waals surface area contributed by atoms with Crippen LogP contribution in [0.2, 0.25) is 0 Å². The van der Waals surface area contributed by atoms with Gasteiger partial charge in [0, 0.05) is 13.1 Å². The van der Waals surface area contributed by atoms with Crippen LogP contribution in [0.5, 0.6) is 0 Å². The number of hydrogen-bond donors (Lipinski definition) is 0. The van der Waals surface area contributed by atoms with Crippen molar-refractivity contribution < 1.29 is 13.6 Å². The van der Waals surface area contributed by atoms with Gasteiger partial charge in [-0.1, -0.05) is 19.9 Å². The van der Waals surface area contributed by atoms with Gasteiger partial charge in [-0.3, -0.25) is 4.79 Å². The highest BCUT2D eigenvalue weighted by molar-refractivity contribution is 5.94. The summed E-state index contributed by atoms with van der Waals surface area (Å²) < 4.78 is 26.9. The van der Waals surface area contributed by atoms with Crippen molar-refractivity contribution in [2.24, 2.45) is 5.41 Å². The maximum atomic E-state index is 13.7. The van der Waals surface area contributed by atoms with Crippen molar-refractivity contribution in [2.45, 2.75) is 45.6 Å². The molecule has 0 radical (unpaired) electrons. The van der Waals surface area contributed by atoms with Crippen LogP contribution in [0.15, 0.2) is 18.2 Å². The number of halogens is 2. The molecule has 1 aliphatic rings. The van der Waals surface area contributed by atoms with Gasteiger partial charge >= 0.3 is 0 Å². The summed E-state index contributed by atoms with van der Waals surface area (Å²) in [5, 5.41) is 0. The summed E-state index contributed by atoms with van der Waals surface area (Å²) in [6, 6.07) is 3.83. The number of carbonyl (C=O) groups excluding carboxylic acids is 1. The lowest BCUT2D eigenvalue weighted by Crippen LogP contribution is -2.41. The molecule has 1 fully saturated rings. The zero-order valence-corrected chi connectivity index (χ0v) is 12.2. The van der Waals surface area contributed by atoms with Gasteiger partial charge in [0.05, 0.1) is 5.56 Å². The van der Waals surface area contributed by atoms with Crippen molar-refractivity contribution in [3.63, 3.8) is 0 Å². The van der Waals surface area contributed by atoms with E-state index in [0.29, 0.717) is 5.41 Å². The fourth-order valence-electron chi connectivity index (χ4n) is 2.80. The molecule has 0 atom stereocenters. The first-order valence-electron chi connectivity index (χ1n) is 7.03. The molecule has 2 nitrogen and oxygen atoms in total. The van der Waals surface area contributed by atoms with Gasteiger partial charge in [0.1, 0.15) is 0 Å². The van der Waals surface area contributed by atoms with Crippen molar-refractivity contribution in [1.82, 2.24) is 4.90 Å². The van der Waals surface area contributed by atoms with E-state index in [4.69, 9.17) is 0 Å². The third-order valence-electron chi connectivity index (χ3n) is 4.36. The molecule has 2 rings (SSSR count). The highest BCUT2D eigenvalue weighted by Gasteiger charge is 2.31. The molecule has 0 aliphatic heterocycles. The molecule has 4 heteroatoms. The van der Waals surface area contributed by atoms with Gasteiger partial charge in [-0.2, -0.15) is 0 Å². The van der Waals surface area contributed by atoms with Crippen LogP contribution in [0, 0.1) is 17.0 Å². The Bertz CT molecular complexity index is 503. The minimum absolute atomic E-state index is 0.109. The lowest BCUT2D eigenvalue weighted by atomic mass is 9.75. The Morgan fingerprint density at radius 3 is 2.45 bits per heavy atom. The summed E-state index contributed by atoms with van der Waals surface area (Å²) in [6.45, 7) is 4.44. The van der Waals surface area contributed by atoms with E-state index in [1.807, 2.05) is 0 Å². The Balaban J connectivity index is 2.11. The van der Waals surface area contributed by atoms with E-state index >= 15 is 0 Å². The Hall–Kier alpha value is -1.45. The van der Waals surface area contributed by atoms with Crippen LogP contribution in [0.4, 0.5) is 8.78 Å². The maximum absolute atomic E-state index is 13.7. The summed E-state index contributed by atoms with van der Waals surface area (Å²) in [5.74, 6) is -2.47. The first-order chi connectivity index (χ1) is 9.32. The van der Waals surface area contributed by atoms with Crippen molar-refractivity contribution >= 4 is 5.91 Å². The quantitative estimate of drug-likeness (QED) is 0.802. The van der Waals surface area contributed by atoms with E-state index in [-0.39, 0.29) is 11.6 Å². The normalized spacial score (nSPS) is 18.9. The Kier molecular flexibility index (Phi) is 4.11. The molecule has 0 heterocycles. The van der Waals surface area contributed by atoms with Gasteiger partial charge in [-0.25, -0.2) is 8.78 Å².